The summed E-state index contributed by atoms with van der Waals surface area (Å²) in [7, 11) is 1.72. The fourth-order valence-corrected chi connectivity index (χ4v) is 0.930. The molecule has 0 radical (unpaired) electrons. The molecule has 1 heterocycles. The molecule has 0 saturated carbocycles. The average molecular weight is 171 g/mol. The Bertz CT molecular complexity index is 275. The van der Waals surface area contributed by atoms with Crippen molar-refractivity contribution in [3.05, 3.63) is 22.8 Å². The highest BCUT2D eigenvalue weighted by Gasteiger charge is 1.97. The molecule has 4 heteroatoms. The summed E-state index contributed by atoms with van der Waals surface area (Å²) in [4.78, 5) is 14.2. The van der Waals surface area contributed by atoms with Gasteiger partial charge in [-0.2, -0.15) is 0 Å². The van der Waals surface area contributed by atoms with Gasteiger partial charge in [0.05, 0.1) is 0 Å². The second-order valence-electron chi connectivity index (χ2n) is 1.98. The lowest BCUT2D eigenvalue weighted by atomic mass is 10.3. The minimum Gasteiger partial charge on any atom is -0.373 e. The van der Waals surface area contributed by atoms with E-state index in [2.05, 4.69) is 10.3 Å². The molecule has 3 nitrogen and oxygen atoms in total. The van der Waals surface area contributed by atoms with Gasteiger partial charge in [-0.1, -0.05) is 11.6 Å². The topological polar surface area (TPSA) is 42.0 Å². The number of hydrogen-bond acceptors (Lipinski definition) is 3. The maximum absolute atomic E-state index is 10.3. The van der Waals surface area contributed by atoms with Crippen LogP contribution in [0.3, 0.4) is 0 Å². The second kappa shape index (κ2) is 3.34. The van der Waals surface area contributed by atoms with Crippen LogP contribution in [0, 0.1) is 0 Å². The first kappa shape index (κ1) is 8.01. The molecule has 0 unspecified atom stereocenters. The second-order valence-corrected chi connectivity index (χ2v) is 2.36. The van der Waals surface area contributed by atoms with E-state index in [4.69, 9.17) is 11.6 Å². The summed E-state index contributed by atoms with van der Waals surface area (Å²) < 4.78 is 0. The zero-order chi connectivity index (χ0) is 8.27. The number of nitrogens with zero attached hydrogens (tertiary/aromatic N) is 1. The Morgan fingerprint density at radius 1 is 1.64 bits per heavy atom. The number of hydrogen-bond donors (Lipinski definition) is 1. The maximum atomic E-state index is 10.3. The molecule has 58 valence electrons. The average Bonchev–Trinajstić information content (AvgIpc) is 2.03. The normalized spacial score (nSPS) is 9.27. The fraction of sp³-hybridized carbons (Fsp3) is 0.143. The van der Waals surface area contributed by atoms with Crippen molar-refractivity contribution in [2.45, 2.75) is 0 Å². The molecule has 0 atom stereocenters. The molecule has 1 N–H and O–H groups in total. The van der Waals surface area contributed by atoms with Gasteiger partial charge >= 0.3 is 0 Å². The standard InChI is InChI=1S/C7H7ClN2O/c1-9-7-3-5(4-11)2-6(8)10-7/h2-4H,1H3,(H,9,10). The summed E-state index contributed by atoms with van der Waals surface area (Å²) in [5.41, 5.74) is 0.523. The molecule has 0 fully saturated rings. The first-order valence-electron chi connectivity index (χ1n) is 3.07. The lowest BCUT2D eigenvalue weighted by Crippen LogP contribution is -1.93. The van der Waals surface area contributed by atoms with Crippen LogP contribution in [0.15, 0.2) is 12.1 Å². The van der Waals surface area contributed by atoms with E-state index in [0.717, 1.165) is 6.29 Å². The summed E-state index contributed by atoms with van der Waals surface area (Å²) in [6.45, 7) is 0. The predicted octanol–water partition coefficient (Wildman–Crippen LogP) is 1.59. The van der Waals surface area contributed by atoms with E-state index in [1.165, 1.54) is 6.07 Å². The van der Waals surface area contributed by atoms with Crippen molar-refractivity contribution in [2.24, 2.45) is 0 Å². The third kappa shape index (κ3) is 1.91. The van der Waals surface area contributed by atoms with Gasteiger partial charge in [0.25, 0.3) is 0 Å². The van der Waals surface area contributed by atoms with E-state index in [1.807, 2.05) is 0 Å². The van der Waals surface area contributed by atoms with Crippen LogP contribution in [0.25, 0.3) is 0 Å². The van der Waals surface area contributed by atoms with Crippen molar-refractivity contribution in [1.82, 2.24) is 4.98 Å². The number of halogens is 1. The number of carbonyl (C=O) groups is 1. The monoisotopic (exact) mass is 170 g/mol. The molecule has 0 saturated heterocycles. The van der Waals surface area contributed by atoms with Crippen LogP contribution < -0.4 is 5.32 Å². The molecule has 1 rings (SSSR count). The summed E-state index contributed by atoms with van der Waals surface area (Å²) in [6, 6.07) is 3.13. The SMILES string of the molecule is CNc1cc(C=O)cc(Cl)n1. The van der Waals surface area contributed by atoms with Gasteiger partial charge < -0.3 is 5.32 Å². The first-order valence-corrected chi connectivity index (χ1v) is 3.44. The highest BCUT2D eigenvalue weighted by Crippen LogP contribution is 2.11. The molecule has 0 aliphatic carbocycles. The maximum Gasteiger partial charge on any atom is 0.150 e. The number of rotatable bonds is 2. The molecule has 1 aromatic heterocycles. The molecular formula is C7H7ClN2O. The number of anilines is 1. The van der Waals surface area contributed by atoms with Crippen molar-refractivity contribution in [1.29, 1.82) is 0 Å². The minimum absolute atomic E-state index is 0.318. The van der Waals surface area contributed by atoms with E-state index in [1.54, 1.807) is 13.1 Å². The molecule has 0 spiro atoms. The lowest BCUT2D eigenvalue weighted by Gasteiger charge is -1.99. The van der Waals surface area contributed by atoms with Gasteiger partial charge in [-0.05, 0) is 12.1 Å². The molecule has 0 aromatic carbocycles. The Morgan fingerprint density at radius 2 is 2.36 bits per heavy atom. The van der Waals surface area contributed by atoms with E-state index in [-0.39, 0.29) is 0 Å². The summed E-state index contributed by atoms with van der Waals surface area (Å²) >= 11 is 5.60. The van der Waals surface area contributed by atoms with Crippen molar-refractivity contribution < 1.29 is 4.79 Å². The van der Waals surface area contributed by atoms with Crippen molar-refractivity contribution in [3.63, 3.8) is 0 Å². The first-order chi connectivity index (χ1) is 5.26. The van der Waals surface area contributed by atoms with Crippen LogP contribution in [0.1, 0.15) is 10.4 Å². The van der Waals surface area contributed by atoms with E-state index in [9.17, 15) is 4.79 Å². The van der Waals surface area contributed by atoms with Gasteiger partial charge in [0.1, 0.15) is 17.3 Å². The molecule has 0 aliphatic rings. The Balaban J connectivity index is 3.11. The summed E-state index contributed by atoms with van der Waals surface area (Å²) in [6.07, 6.45) is 0.731. The third-order valence-corrected chi connectivity index (χ3v) is 1.40. The van der Waals surface area contributed by atoms with Crippen LogP contribution in [-0.4, -0.2) is 18.3 Å². The molecule has 0 bridgehead atoms. The number of pyridine rings is 1. The van der Waals surface area contributed by atoms with E-state index in [0.29, 0.717) is 16.5 Å². The van der Waals surface area contributed by atoms with Crippen molar-refractivity contribution in [3.8, 4) is 0 Å². The number of aldehydes is 1. The molecule has 1 aromatic rings. The van der Waals surface area contributed by atoms with Crippen LogP contribution in [0.2, 0.25) is 5.15 Å². The minimum atomic E-state index is 0.318. The van der Waals surface area contributed by atoms with Crippen LogP contribution in [0.4, 0.5) is 5.82 Å². The van der Waals surface area contributed by atoms with E-state index < -0.39 is 0 Å². The summed E-state index contributed by atoms with van der Waals surface area (Å²) in [5, 5.41) is 3.11. The Hall–Kier alpha value is -1.09. The van der Waals surface area contributed by atoms with Crippen LogP contribution in [-0.2, 0) is 0 Å². The van der Waals surface area contributed by atoms with Gasteiger partial charge in [-0.15, -0.1) is 0 Å². The number of nitrogens with one attached hydrogen (secondary N) is 1. The van der Waals surface area contributed by atoms with Gasteiger partial charge in [0.15, 0.2) is 0 Å². The third-order valence-electron chi connectivity index (χ3n) is 1.21. The summed E-state index contributed by atoms with van der Waals surface area (Å²) in [5.74, 6) is 0.597. The van der Waals surface area contributed by atoms with Crippen molar-refractivity contribution in [2.75, 3.05) is 12.4 Å². The Morgan fingerprint density at radius 3 is 2.91 bits per heavy atom. The van der Waals surface area contributed by atoms with Gasteiger partial charge in [0.2, 0.25) is 0 Å². The number of aromatic nitrogens is 1. The fourth-order valence-electron chi connectivity index (χ4n) is 0.713. The van der Waals surface area contributed by atoms with Crippen molar-refractivity contribution >= 4 is 23.7 Å². The highest BCUT2D eigenvalue weighted by atomic mass is 35.5. The smallest absolute Gasteiger partial charge is 0.150 e. The largest absolute Gasteiger partial charge is 0.373 e. The predicted molar refractivity (Wildman–Crippen MR) is 44.2 cm³/mol. The molecular weight excluding hydrogens is 164 g/mol. The van der Waals surface area contributed by atoms with Gasteiger partial charge in [0, 0.05) is 12.6 Å². The van der Waals surface area contributed by atoms with Crippen LogP contribution >= 0.6 is 11.6 Å². The van der Waals surface area contributed by atoms with Crippen LogP contribution in [0.5, 0.6) is 0 Å². The zero-order valence-electron chi connectivity index (χ0n) is 5.97. The highest BCUT2D eigenvalue weighted by molar-refractivity contribution is 6.29. The van der Waals surface area contributed by atoms with Gasteiger partial charge in [-0.25, -0.2) is 4.98 Å². The molecule has 11 heavy (non-hydrogen) atoms. The Kier molecular flexibility index (Phi) is 2.44. The quantitative estimate of drug-likeness (QED) is 0.542. The Labute approximate surface area is 69.4 Å². The number of carbonyl (C=O) groups excluding carboxylic acids is 1. The van der Waals surface area contributed by atoms with Gasteiger partial charge in [-0.3, -0.25) is 4.79 Å². The lowest BCUT2D eigenvalue weighted by molar-refractivity contribution is 0.112. The van der Waals surface area contributed by atoms with E-state index >= 15 is 0 Å². The molecule has 0 amide bonds. The zero-order valence-corrected chi connectivity index (χ0v) is 6.72. The molecule has 0 aliphatic heterocycles.